The van der Waals surface area contributed by atoms with Crippen LogP contribution in [0.2, 0.25) is 0 Å². The number of nitrogens with zero attached hydrogens (tertiary/aromatic N) is 14. The van der Waals surface area contributed by atoms with Crippen molar-refractivity contribution >= 4 is 110 Å². The van der Waals surface area contributed by atoms with E-state index in [2.05, 4.69) is 49.8 Å². The Labute approximate surface area is 367 Å². The van der Waals surface area contributed by atoms with Crippen molar-refractivity contribution in [2.24, 2.45) is 0 Å². The average molecular weight is 900 g/mol. The summed E-state index contributed by atoms with van der Waals surface area (Å²) < 4.78 is 0. The van der Waals surface area contributed by atoms with Gasteiger partial charge in [-0.15, -0.1) is 11.0 Å². The minimum Gasteiger partial charge on any atom is -0.662 e. The number of fused-ring (bicyclic) bond motifs is 16. The number of hydrogen-bond donors (Lipinski definition) is 0. The maximum absolute atomic E-state index is 4.89. The minimum atomic E-state index is 0. The molecule has 0 spiro atoms. The standard InChI is InChI=1S/2C19H9N6.C10H8N2.Ru/c2*1-3-10-16(20-5-1)17-11(4-2-6-21-17)19-18(10)24-14-7-12-13(23-9-22-12)8-15(14)25-19;1-3-7-11-9(5-1)10-6-2-4-8-12-10;/h2*1-9H;1-8H;/q2*-1;;+2. The average Bonchev–Trinajstić information content (AvgIpc) is 4.01. The molecular formula is C48H26N14Ru. The predicted molar refractivity (Wildman–Crippen MR) is 240 cm³/mol. The second-order valence-corrected chi connectivity index (χ2v) is 14.3. The molecule has 10 aromatic heterocycles. The van der Waals surface area contributed by atoms with Crippen LogP contribution in [0.5, 0.6) is 0 Å². The van der Waals surface area contributed by atoms with Crippen LogP contribution in [0.25, 0.3) is 121 Å². The van der Waals surface area contributed by atoms with Gasteiger partial charge in [-0.25, -0.2) is 39.9 Å². The molecule has 0 fully saturated rings. The molecule has 14 aromatic rings. The van der Waals surface area contributed by atoms with E-state index in [-0.39, 0.29) is 19.5 Å². The zero-order valence-electron chi connectivity index (χ0n) is 32.6. The van der Waals surface area contributed by atoms with Crippen molar-refractivity contribution in [2.45, 2.75) is 0 Å². The number of hydrogen-bond acceptors (Lipinski definition) is 12. The zero-order chi connectivity index (χ0) is 41.0. The van der Waals surface area contributed by atoms with Crippen molar-refractivity contribution in [1.29, 1.82) is 0 Å². The fourth-order valence-corrected chi connectivity index (χ4v) is 7.80. The quantitative estimate of drug-likeness (QED) is 0.0865. The SMILES string of the molecule is [Ru+2].c1ccc(-c2ccccn2)nc1.c1cnc2c(c1)c1nc3cc4ncnc4cc3nc1c1ccc[n-]c12.c1cnc2c(c1)c1nc3cc4ncnc4cc3nc1c1ccc[n-]c12. The summed E-state index contributed by atoms with van der Waals surface area (Å²) in [6.07, 6.45) is 13.8. The molecule has 0 aliphatic rings. The number of aromatic nitrogens is 14. The Morgan fingerprint density at radius 3 is 1.05 bits per heavy atom. The second-order valence-electron chi connectivity index (χ2n) is 14.3. The van der Waals surface area contributed by atoms with E-state index < -0.39 is 0 Å². The number of imidazole rings is 2. The van der Waals surface area contributed by atoms with Gasteiger partial charge in [0.1, 0.15) is 12.7 Å². The molecule has 0 N–H and O–H groups in total. The van der Waals surface area contributed by atoms with Gasteiger partial charge < -0.3 is 9.97 Å². The van der Waals surface area contributed by atoms with Gasteiger partial charge in [-0.05, 0) is 83.6 Å². The van der Waals surface area contributed by atoms with Gasteiger partial charge in [0.25, 0.3) is 0 Å². The third kappa shape index (κ3) is 6.55. The van der Waals surface area contributed by atoms with Crippen molar-refractivity contribution in [2.75, 3.05) is 0 Å². The number of rotatable bonds is 1. The summed E-state index contributed by atoms with van der Waals surface area (Å²) in [4.78, 5) is 63.1. The van der Waals surface area contributed by atoms with Crippen molar-refractivity contribution in [3.05, 3.63) is 159 Å². The first-order valence-electron chi connectivity index (χ1n) is 19.6. The summed E-state index contributed by atoms with van der Waals surface area (Å²) in [5.41, 5.74) is 15.0. The Kier molecular flexibility index (Phi) is 9.28. The maximum Gasteiger partial charge on any atom is 2.00 e. The Morgan fingerprint density at radius 1 is 0.302 bits per heavy atom. The molecule has 0 atom stereocenters. The Balaban J connectivity index is 0.000000112. The van der Waals surface area contributed by atoms with Crippen LogP contribution in [0, 0.1) is 0 Å². The first-order chi connectivity index (χ1) is 30.7. The summed E-state index contributed by atoms with van der Waals surface area (Å²) in [5.74, 6) is 0. The monoisotopic (exact) mass is 900 g/mol. The van der Waals surface area contributed by atoms with Crippen molar-refractivity contribution in [3.63, 3.8) is 0 Å². The second kappa shape index (κ2) is 15.6. The smallest absolute Gasteiger partial charge is 0.662 e. The molecule has 4 aromatic carbocycles. The van der Waals surface area contributed by atoms with Gasteiger partial charge in [0.05, 0.1) is 88.6 Å². The summed E-state index contributed by atoms with van der Waals surface area (Å²) in [7, 11) is 0. The van der Waals surface area contributed by atoms with Crippen LogP contribution >= 0.6 is 0 Å². The topological polar surface area (TPSA) is 183 Å². The van der Waals surface area contributed by atoms with Gasteiger partial charge in [0.15, 0.2) is 0 Å². The third-order valence-corrected chi connectivity index (χ3v) is 10.6. The van der Waals surface area contributed by atoms with Gasteiger partial charge in [0.2, 0.25) is 0 Å². The number of benzene rings is 4. The van der Waals surface area contributed by atoms with E-state index in [0.717, 1.165) is 121 Å². The molecule has 63 heavy (non-hydrogen) atoms. The normalized spacial score (nSPS) is 11.4. The molecule has 0 saturated carbocycles. The largest absolute Gasteiger partial charge is 2.00 e. The molecule has 0 aliphatic heterocycles. The molecule has 15 heteroatoms. The van der Waals surface area contributed by atoms with Gasteiger partial charge in [-0.3, -0.25) is 19.9 Å². The number of pyridine rings is 6. The van der Waals surface area contributed by atoms with E-state index in [1.54, 1.807) is 49.8 Å². The van der Waals surface area contributed by atoms with E-state index in [4.69, 9.17) is 19.9 Å². The molecule has 0 unspecified atom stereocenters. The summed E-state index contributed by atoms with van der Waals surface area (Å²) in [5, 5.41) is 3.80. The van der Waals surface area contributed by atoms with E-state index in [1.807, 2.05) is 109 Å². The predicted octanol–water partition coefficient (Wildman–Crippen LogP) is 8.91. The van der Waals surface area contributed by atoms with Crippen LogP contribution in [0.3, 0.4) is 0 Å². The molecule has 14 rings (SSSR count). The minimum absolute atomic E-state index is 0. The van der Waals surface area contributed by atoms with Crippen molar-refractivity contribution in [3.8, 4) is 11.4 Å². The van der Waals surface area contributed by atoms with E-state index in [0.29, 0.717) is 0 Å². The molecule has 296 valence electrons. The Morgan fingerprint density at radius 2 is 0.667 bits per heavy atom. The summed E-state index contributed by atoms with van der Waals surface area (Å²) in [6.45, 7) is 0. The van der Waals surface area contributed by atoms with E-state index in [1.165, 1.54) is 0 Å². The molecule has 0 amide bonds. The molecule has 0 aliphatic carbocycles. The van der Waals surface area contributed by atoms with Crippen LogP contribution in [0.4, 0.5) is 0 Å². The van der Waals surface area contributed by atoms with Crippen molar-refractivity contribution < 1.29 is 19.5 Å². The molecule has 14 nitrogen and oxygen atoms in total. The molecule has 0 bridgehead atoms. The van der Waals surface area contributed by atoms with Crippen LogP contribution in [-0.4, -0.2) is 59.8 Å². The van der Waals surface area contributed by atoms with E-state index in [9.17, 15) is 0 Å². The first kappa shape index (κ1) is 37.6. The zero-order valence-corrected chi connectivity index (χ0v) is 34.4. The summed E-state index contributed by atoms with van der Waals surface area (Å²) in [6, 6.07) is 35.0. The van der Waals surface area contributed by atoms with Crippen LogP contribution in [0.1, 0.15) is 0 Å². The Hall–Kier alpha value is -8.42. The van der Waals surface area contributed by atoms with Gasteiger partial charge >= 0.3 is 19.5 Å². The fourth-order valence-electron chi connectivity index (χ4n) is 7.80. The first-order valence-corrected chi connectivity index (χ1v) is 19.6. The van der Waals surface area contributed by atoms with Gasteiger partial charge in [0, 0.05) is 35.6 Å². The molecule has 10 heterocycles. The Bertz CT molecular complexity index is 3530. The molecule has 0 saturated heterocycles. The van der Waals surface area contributed by atoms with Crippen molar-refractivity contribution in [1.82, 2.24) is 69.8 Å². The van der Waals surface area contributed by atoms with Crippen LogP contribution in [-0.2, 0) is 19.5 Å². The maximum atomic E-state index is 4.89. The summed E-state index contributed by atoms with van der Waals surface area (Å²) >= 11 is 0. The van der Waals surface area contributed by atoms with E-state index >= 15 is 0 Å². The fraction of sp³-hybridized carbons (Fsp3) is 0. The van der Waals surface area contributed by atoms with Gasteiger partial charge in [-0.2, -0.15) is 12.4 Å². The van der Waals surface area contributed by atoms with Crippen LogP contribution < -0.4 is 9.97 Å². The third-order valence-electron chi connectivity index (χ3n) is 10.6. The van der Waals surface area contributed by atoms with Gasteiger partial charge in [-0.1, -0.05) is 36.4 Å². The molecular weight excluding hydrogens is 874 g/mol. The molecule has 0 radical (unpaired) electrons. The van der Waals surface area contributed by atoms with Crippen LogP contribution in [0.15, 0.2) is 159 Å².